The highest BCUT2D eigenvalue weighted by molar-refractivity contribution is 8.18. The summed E-state index contributed by atoms with van der Waals surface area (Å²) in [6.45, 7) is -0.137. The molecule has 3 rings (SSSR count). The third kappa shape index (κ3) is 4.72. The van der Waals surface area contributed by atoms with Crippen LogP contribution < -0.4 is 10.1 Å². The Morgan fingerprint density at radius 2 is 2.00 bits per heavy atom. The maximum absolute atomic E-state index is 12.8. The number of carbonyl (C=O) groups excluding carboxylic acids is 1. The predicted molar refractivity (Wildman–Crippen MR) is 99.8 cm³/mol. The molecule has 0 atom stereocenters. The molecule has 1 aliphatic heterocycles. The predicted octanol–water partition coefficient (Wildman–Crippen LogP) is 4.50. The number of rotatable bonds is 4. The molecule has 1 fully saturated rings. The first-order valence-corrected chi connectivity index (χ1v) is 8.74. The number of carbonyl (C=O) groups is 1. The van der Waals surface area contributed by atoms with Gasteiger partial charge < -0.3 is 10.1 Å². The number of alkyl halides is 3. The molecule has 0 unspecified atom stereocenters. The van der Waals surface area contributed by atoms with Gasteiger partial charge in [0.05, 0.1) is 16.2 Å². The lowest BCUT2D eigenvalue weighted by molar-refractivity contribution is -0.137. The molecule has 142 valence electrons. The van der Waals surface area contributed by atoms with Crippen LogP contribution in [0, 0.1) is 11.3 Å². The van der Waals surface area contributed by atoms with Gasteiger partial charge in [0, 0.05) is 5.56 Å². The van der Waals surface area contributed by atoms with Crippen LogP contribution in [0.15, 0.2) is 58.4 Å². The quantitative estimate of drug-likeness (QED) is 0.763. The Hall–Kier alpha value is -3.25. The lowest BCUT2D eigenvalue weighted by Crippen LogP contribution is -2.19. The van der Waals surface area contributed by atoms with E-state index < -0.39 is 17.6 Å². The van der Waals surface area contributed by atoms with E-state index in [0.717, 1.165) is 23.9 Å². The number of benzene rings is 2. The van der Waals surface area contributed by atoms with Crippen molar-refractivity contribution in [3.63, 3.8) is 0 Å². The zero-order valence-corrected chi connectivity index (χ0v) is 15.0. The van der Waals surface area contributed by atoms with Crippen molar-refractivity contribution >= 4 is 34.6 Å². The molecule has 1 N–H and O–H groups in total. The highest BCUT2D eigenvalue weighted by Gasteiger charge is 2.30. The van der Waals surface area contributed by atoms with Crippen LogP contribution in [0.25, 0.3) is 6.08 Å². The molecule has 0 bridgehead atoms. The van der Waals surface area contributed by atoms with E-state index in [1.54, 1.807) is 30.3 Å². The fourth-order valence-corrected chi connectivity index (χ4v) is 3.16. The number of thioether (sulfide) groups is 1. The third-order valence-electron chi connectivity index (χ3n) is 3.55. The molecule has 0 saturated carbocycles. The highest BCUT2D eigenvalue weighted by atomic mass is 32.2. The van der Waals surface area contributed by atoms with Crippen LogP contribution in [0.5, 0.6) is 5.75 Å². The average Bonchev–Trinajstić information content (AvgIpc) is 2.99. The van der Waals surface area contributed by atoms with Gasteiger partial charge in [-0.15, -0.1) is 0 Å². The van der Waals surface area contributed by atoms with E-state index in [1.807, 2.05) is 6.07 Å². The summed E-state index contributed by atoms with van der Waals surface area (Å²) in [5, 5.41) is 11.3. The van der Waals surface area contributed by atoms with Crippen LogP contribution >= 0.6 is 11.8 Å². The second-order valence-corrected chi connectivity index (χ2v) is 6.55. The number of para-hydroxylation sites is 1. The van der Waals surface area contributed by atoms with Crippen molar-refractivity contribution in [2.45, 2.75) is 6.18 Å². The SMILES string of the molecule is N#CCOc1ccccc1/C=C1/SC(=Nc2cccc(C(F)(F)F)c2)NC1=O. The maximum Gasteiger partial charge on any atom is 0.416 e. The van der Waals surface area contributed by atoms with Gasteiger partial charge in [0.1, 0.15) is 11.8 Å². The van der Waals surface area contributed by atoms with Crippen molar-refractivity contribution < 1.29 is 22.7 Å². The zero-order valence-electron chi connectivity index (χ0n) is 14.2. The van der Waals surface area contributed by atoms with Gasteiger partial charge in [-0.3, -0.25) is 4.79 Å². The monoisotopic (exact) mass is 403 g/mol. The zero-order chi connectivity index (χ0) is 20.1. The van der Waals surface area contributed by atoms with E-state index >= 15 is 0 Å². The summed E-state index contributed by atoms with van der Waals surface area (Å²) in [6.07, 6.45) is -2.90. The molecule has 2 aromatic rings. The Kier molecular flexibility index (Phi) is 5.70. The van der Waals surface area contributed by atoms with Crippen LogP contribution in [-0.2, 0) is 11.0 Å². The van der Waals surface area contributed by atoms with E-state index in [4.69, 9.17) is 10.00 Å². The van der Waals surface area contributed by atoms with Gasteiger partial charge >= 0.3 is 6.18 Å². The fourth-order valence-electron chi connectivity index (χ4n) is 2.33. The van der Waals surface area contributed by atoms with E-state index in [-0.39, 0.29) is 17.5 Å². The first-order valence-electron chi connectivity index (χ1n) is 7.92. The minimum atomic E-state index is -4.47. The highest BCUT2D eigenvalue weighted by Crippen LogP contribution is 2.33. The summed E-state index contributed by atoms with van der Waals surface area (Å²) in [6, 6.07) is 13.3. The molecule has 1 heterocycles. The van der Waals surface area contributed by atoms with Gasteiger partial charge in [-0.25, -0.2) is 4.99 Å². The normalized spacial score (nSPS) is 16.9. The number of halogens is 3. The number of nitriles is 1. The largest absolute Gasteiger partial charge is 0.478 e. The van der Waals surface area contributed by atoms with Crippen LogP contribution in [0.3, 0.4) is 0 Å². The van der Waals surface area contributed by atoms with E-state index in [2.05, 4.69) is 10.3 Å². The number of nitrogens with one attached hydrogen (secondary N) is 1. The molecular formula is C19H12F3N3O2S. The number of ether oxygens (including phenoxy) is 1. The van der Waals surface area contributed by atoms with Gasteiger partial charge in [0.2, 0.25) is 0 Å². The Balaban J connectivity index is 1.84. The van der Waals surface area contributed by atoms with E-state index in [9.17, 15) is 18.0 Å². The van der Waals surface area contributed by atoms with Crippen molar-refractivity contribution in [1.29, 1.82) is 5.26 Å². The smallest absolute Gasteiger partial charge is 0.416 e. The summed E-state index contributed by atoms with van der Waals surface area (Å²) >= 11 is 1.00. The first-order chi connectivity index (χ1) is 13.4. The number of hydrogen-bond acceptors (Lipinski definition) is 5. The molecule has 1 amide bonds. The van der Waals surface area contributed by atoms with Crippen LogP contribution in [0.1, 0.15) is 11.1 Å². The lowest BCUT2D eigenvalue weighted by atomic mass is 10.2. The summed E-state index contributed by atoms with van der Waals surface area (Å²) in [5.74, 6) is 0.0130. The second kappa shape index (κ2) is 8.19. The Bertz CT molecular complexity index is 1010. The molecular weight excluding hydrogens is 391 g/mol. The average molecular weight is 403 g/mol. The van der Waals surface area contributed by atoms with Crippen molar-refractivity contribution in [3.8, 4) is 11.8 Å². The van der Waals surface area contributed by atoms with Crippen molar-refractivity contribution in [1.82, 2.24) is 5.32 Å². The molecule has 0 aliphatic carbocycles. The van der Waals surface area contributed by atoms with E-state index in [1.165, 1.54) is 12.1 Å². The molecule has 5 nitrogen and oxygen atoms in total. The van der Waals surface area contributed by atoms with E-state index in [0.29, 0.717) is 16.2 Å². The molecule has 9 heteroatoms. The first kappa shape index (κ1) is 19.5. The second-order valence-electron chi connectivity index (χ2n) is 5.51. The van der Waals surface area contributed by atoms with Gasteiger partial charge in [0.25, 0.3) is 5.91 Å². The lowest BCUT2D eigenvalue weighted by Gasteiger charge is -2.06. The summed E-state index contributed by atoms with van der Waals surface area (Å²) in [7, 11) is 0. The molecule has 0 aromatic heterocycles. The number of amides is 1. The van der Waals surface area contributed by atoms with Crippen LogP contribution in [0.4, 0.5) is 18.9 Å². The standard InChI is InChI=1S/C19H12F3N3O2S/c20-19(21,22)13-5-3-6-14(11-13)24-18-25-17(26)16(28-18)10-12-4-1-2-7-15(12)27-9-8-23/h1-7,10-11H,9H2,(H,24,25,26)/b16-10+. The molecule has 1 aliphatic rings. The summed E-state index contributed by atoms with van der Waals surface area (Å²) in [5.41, 5.74) is -0.143. The molecule has 2 aromatic carbocycles. The summed E-state index contributed by atoms with van der Waals surface area (Å²) in [4.78, 5) is 16.6. The molecule has 0 spiro atoms. The number of amidine groups is 1. The third-order valence-corrected chi connectivity index (χ3v) is 4.46. The van der Waals surface area contributed by atoms with Gasteiger partial charge in [-0.1, -0.05) is 24.3 Å². The Morgan fingerprint density at radius 3 is 2.75 bits per heavy atom. The van der Waals surface area contributed by atoms with Gasteiger partial charge in [-0.05, 0) is 42.1 Å². The number of aliphatic imine (C=N–C) groups is 1. The number of hydrogen-bond donors (Lipinski definition) is 1. The van der Waals surface area contributed by atoms with Crippen LogP contribution in [0.2, 0.25) is 0 Å². The number of nitrogens with zero attached hydrogens (tertiary/aromatic N) is 2. The summed E-state index contributed by atoms with van der Waals surface area (Å²) < 4.78 is 43.7. The topological polar surface area (TPSA) is 74.5 Å². The van der Waals surface area contributed by atoms with Crippen LogP contribution in [-0.4, -0.2) is 17.7 Å². The molecule has 1 saturated heterocycles. The van der Waals surface area contributed by atoms with Gasteiger partial charge in [0.15, 0.2) is 11.8 Å². The fraction of sp³-hybridized carbons (Fsp3) is 0.105. The molecule has 0 radical (unpaired) electrons. The van der Waals surface area contributed by atoms with Crippen molar-refractivity contribution in [2.24, 2.45) is 4.99 Å². The molecule has 28 heavy (non-hydrogen) atoms. The van der Waals surface area contributed by atoms with Crippen molar-refractivity contribution in [3.05, 3.63) is 64.6 Å². The minimum absolute atomic E-state index is 0.0802. The Labute approximate surface area is 162 Å². The van der Waals surface area contributed by atoms with Gasteiger partial charge in [-0.2, -0.15) is 18.4 Å². The minimum Gasteiger partial charge on any atom is -0.478 e. The Morgan fingerprint density at radius 1 is 1.21 bits per heavy atom. The maximum atomic E-state index is 12.8. The van der Waals surface area contributed by atoms with Crippen molar-refractivity contribution in [2.75, 3.05) is 6.61 Å².